The van der Waals surface area contributed by atoms with Gasteiger partial charge in [-0.2, -0.15) is 0 Å². The smallest absolute Gasteiger partial charge is 0.303 e. The topological polar surface area (TPSA) is 52.6 Å². The zero-order chi connectivity index (χ0) is 29.2. The molecule has 4 saturated carbocycles. The number of esters is 2. The highest BCUT2D eigenvalue weighted by Gasteiger charge is 2.68. The molecule has 6 fully saturated rings. The second-order valence-corrected chi connectivity index (χ2v) is 16.7. The van der Waals surface area contributed by atoms with Crippen molar-refractivity contribution in [3.8, 4) is 0 Å². The number of carbonyl (C=O) groups is 2. The summed E-state index contributed by atoms with van der Waals surface area (Å²) in [5.41, 5.74) is 0.377. The number of rotatable bonds is 4. The van der Waals surface area contributed by atoms with Crippen LogP contribution in [0.3, 0.4) is 0 Å². The minimum absolute atomic E-state index is 0.0462. The second kappa shape index (κ2) is 10.8. The number of nitrogens with zero attached hydrogens (tertiary/aromatic N) is 2. The lowest BCUT2D eigenvalue weighted by Gasteiger charge is -2.63. The molecule has 0 N–H and O–H groups in total. The Morgan fingerprint density at radius 1 is 0.683 bits per heavy atom. The standard InChI is InChI=1S/C35H60N2O4/c1-24(38)40-32-21-26-13-14-27-28(35(26,4)23-31(32)37(6)19-11-8-12-20-37)15-16-34(3)29(27)22-30(33(34)41-25(2)39)36(5)17-9-7-10-18-36/h26-33H,7-23H2,1-6H3/q+2/t26?,27?,28?,29?,30-,31-,32-,33+,34-,35-/m0/s1. The summed E-state index contributed by atoms with van der Waals surface area (Å²) in [7, 11) is 4.94. The van der Waals surface area contributed by atoms with Crippen LogP contribution < -0.4 is 0 Å². The Morgan fingerprint density at radius 2 is 1.27 bits per heavy atom. The third-order valence-corrected chi connectivity index (χ3v) is 14.5. The Hall–Kier alpha value is -1.14. The van der Waals surface area contributed by atoms with Gasteiger partial charge in [-0.15, -0.1) is 0 Å². The van der Waals surface area contributed by atoms with Gasteiger partial charge in [0.05, 0.1) is 40.3 Å². The van der Waals surface area contributed by atoms with Gasteiger partial charge >= 0.3 is 11.9 Å². The molecule has 0 aromatic heterocycles. The minimum Gasteiger partial charge on any atom is -0.456 e. The summed E-state index contributed by atoms with van der Waals surface area (Å²) in [6, 6.07) is 0.846. The Kier molecular flexibility index (Phi) is 7.87. The van der Waals surface area contributed by atoms with Crippen molar-refractivity contribution < 1.29 is 28.0 Å². The SMILES string of the molecule is CC(=O)O[C@H]1CC2CCC3C(CC[C@@]4(C)C3C[C@H]([N+]3(C)CCCCC3)[C@H]4OC(C)=O)[C@@]2(C)C[C@@H]1[N+]1(C)CCCCC1. The van der Waals surface area contributed by atoms with E-state index >= 15 is 0 Å². The van der Waals surface area contributed by atoms with Crippen LogP contribution in [0.1, 0.15) is 111 Å². The van der Waals surface area contributed by atoms with Gasteiger partial charge < -0.3 is 18.4 Å². The van der Waals surface area contributed by atoms with Gasteiger partial charge in [0.25, 0.3) is 0 Å². The van der Waals surface area contributed by atoms with Crippen molar-refractivity contribution in [3.05, 3.63) is 0 Å². The lowest BCUT2D eigenvalue weighted by Crippen LogP contribution is -2.66. The van der Waals surface area contributed by atoms with Gasteiger partial charge in [0.1, 0.15) is 12.1 Å². The number of ether oxygens (including phenoxy) is 2. The molecule has 6 heteroatoms. The molecular formula is C35H60N2O4+2. The molecule has 4 unspecified atom stereocenters. The van der Waals surface area contributed by atoms with E-state index in [1.54, 1.807) is 13.8 Å². The molecule has 232 valence electrons. The van der Waals surface area contributed by atoms with Crippen LogP contribution in [0.25, 0.3) is 0 Å². The van der Waals surface area contributed by atoms with Crippen LogP contribution >= 0.6 is 0 Å². The van der Waals surface area contributed by atoms with E-state index in [2.05, 4.69) is 27.9 Å². The second-order valence-electron chi connectivity index (χ2n) is 16.7. The van der Waals surface area contributed by atoms with Crippen molar-refractivity contribution in [2.45, 2.75) is 135 Å². The fraction of sp³-hybridized carbons (Fsp3) is 0.943. The predicted octanol–water partition coefficient (Wildman–Crippen LogP) is 6.11. The molecule has 6 nitrogen and oxygen atoms in total. The lowest BCUT2D eigenvalue weighted by molar-refractivity contribution is -0.943. The average Bonchev–Trinajstić information content (AvgIpc) is 3.21. The van der Waals surface area contributed by atoms with Crippen molar-refractivity contribution in [2.75, 3.05) is 40.3 Å². The molecule has 0 aromatic carbocycles. The summed E-state index contributed by atoms with van der Waals surface area (Å²) in [6.45, 7) is 13.3. The van der Waals surface area contributed by atoms with E-state index in [-0.39, 0.29) is 29.6 Å². The minimum atomic E-state index is -0.0998. The Morgan fingerprint density at radius 3 is 1.85 bits per heavy atom. The first kappa shape index (κ1) is 29.9. The van der Waals surface area contributed by atoms with E-state index in [0.717, 1.165) is 21.3 Å². The van der Waals surface area contributed by atoms with Gasteiger partial charge in [-0.05, 0) is 99.7 Å². The van der Waals surface area contributed by atoms with Gasteiger partial charge in [0, 0.05) is 32.1 Å². The number of hydrogen-bond donors (Lipinski definition) is 0. The van der Waals surface area contributed by atoms with E-state index in [4.69, 9.17) is 9.47 Å². The highest BCUT2D eigenvalue weighted by atomic mass is 16.5. The number of likely N-dealkylation sites (N-methyl/N-ethyl adjacent to an activating group) is 2. The number of quaternary nitrogens is 2. The van der Waals surface area contributed by atoms with E-state index in [1.165, 1.54) is 103 Å². The molecule has 2 aliphatic heterocycles. The van der Waals surface area contributed by atoms with Crippen molar-refractivity contribution in [1.82, 2.24) is 0 Å². The quantitative estimate of drug-likeness (QED) is 0.301. The molecule has 4 aliphatic carbocycles. The third kappa shape index (κ3) is 4.99. The highest BCUT2D eigenvalue weighted by molar-refractivity contribution is 5.66. The van der Waals surface area contributed by atoms with Gasteiger partial charge in [-0.3, -0.25) is 9.59 Å². The first-order valence-corrected chi connectivity index (χ1v) is 17.4. The van der Waals surface area contributed by atoms with Gasteiger partial charge in [-0.1, -0.05) is 13.8 Å². The van der Waals surface area contributed by atoms with Crippen LogP contribution in [0.2, 0.25) is 0 Å². The molecule has 41 heavy (non-hydrogen) atoms. The molecule has 10 atom stereocenters. The summed E-state index contributed by atoms with van der Waals surface area (Å²) in [6.07, 6.45) is 16.4. The summed E-state index contributed by atoms with van der Waals surface area (Å²) >= 11 is 0. The maximum Gasteiger partial charge on any atom is 0.303 e. The van der Waals surface area contributed by atoms with Crippen LogP contribution in [-0.4, -0.2) is 85.5 Å². The molecule has 0 bridgehead atoms. The molecule has 0 radical (unpaired) electrons. The van der Waals surface area contributed by atoms with Crippen LogP contribution in [-0.2, 0) is 19.1 Å². The molecule has 2 heterocycles. The first-order chi connectivity index (χ1) is 19.4. The number of likely N-dealkylation sites (tertiary alicyclic amines) is 2. The normalized spacial score (nSPS) is 46.9. The number of fused-ring (bicyclic) bond motifs is 5. The molecule has 6 aliphatic rings. The molecule has 0 aromatic rings. The van der Waals surface area contributed by atoms with Crippen molar-refractivity contribution in [2.24, 2.45) is 34.5 Å². The van der Waals surface area contributed by atoms with Crippen molar-refractivity contribution in [1.29, 1.82) is 0 Å². The van der Waals surface area contributed by atoms with Gasteiger partial charge in [0.15, 0.2) is 12.2 Å². The molecular weight excluding hydrogens is 512 g/mol. The molecule has 2 saturated heterocycles. The molecule has 0 spiro atoms. The Balaban J connectivity index is 1.31. The molecule has 0 amide bonds. The Bertz CT molecular complexity index is 1000. The Labute approximate surface area is 250 Å². The highest BCUT2D eigenvalue weighted by Crippen LogP contribution is 2.68. The van der Waals surface area contributed by atoms with E-state index in [0.29, 0.717) is 35.3 Å². The number of carbonyl (C=O) groups excluding carboxylic acids is 2. The van der Waals surface area contributed by atoms with E-state index in [9.17, 15) is 9.59 Å². The van der Waals surface area contributed by atoms with E-state index in [1.807, 2.05) is 0 Å². The predicted molar refractivity (Wildman–Crippen MR) is 161 cm³/mol. The van der Waals surface area contributed by atoms with E-state index < -0.39 is 0 Å². The number of hydrogen-bond acceptors (Lipinski definition) is 4. The summed E-state index contributed by atoms with van der Waals surface area (Å²) in [5.74, 6) is 2.52. The maximum absolute atomic E-state index is 12.5. The van der Waals surface area contributed by atoms with Gasteiger partial charge in [0.2, 0.25) is 0 Å². The first-order valence-electron chi connectivity index (χ1n) is 17.4. The zero-order valence-electron chi connectivity index (χ0n) is 27.2. The monoisotopic (exact) mass is 572 g/mol. The third-order valence-electron chi connectivity index (χ3n) is 14.5. The zero-order valence-corrected chi connectivity index (χ0v) is 27.2. The van der Waals surface area contributed by atoms with Crippen LogP contribution in [0.15, 0.2) is 0 Å². The lowest BCUT2D eigenvalue weighted by atomic mass is 9.44. The largest absolute Gasteiger partial charge is 0.456 e. The van der Waals surface area contributed by atoms with Gasteiger partial charge in [-0.25, -0.2) is 0 Å². The summed E-state index contributed by atoms with van der Waals surface area (Å²) in [4.78, 5) is 24.8. The summed E-state index contributed by atoms with van der Waals surface area (Å²) in [5, 5.41) is 0. The van der Waals surface area contributed by atoms with Crippen LogP contribution in [0, 0.1) is 34.5 Å². The van der Waals surface area contributed by atoms with Crippen LogP contribution in [0.5, 0.6) is 0 Å². The van der Waals surface area contributed by atoms with Crippen molar-refractivity contribution in [3.63, 3.8) is 0 Å². The maximum atomic E-state index is 12.5. The average molecular weight is 573 g/mol. The van der Waals surface area contributed by atoms with Crippen LogP contribution in [0.4, 0.5) is 0 Å². The fourth-order valence-electron chi connectivity index (χ4n) is 12.3. The summed E-state index contributed by atoms with van der Waals surface area (Å²) < 4.78 is 14.7. The molecule has 6 rings (SSSR count). The fourth-order valence-corrected chi connectivity index (χ4v) is 12.3. The van der Waals surface area contributed by atoms with Crippen molar-refractivity contribution >= 4 is 11.9 Å². The number of piperidine rings is 2.